The van der Waals surface area contributed by atoms with Gasteiger partial charge in [-0.15, -0.1) is 0 Å². The minimum atomic E-state index is -0.837. The Morgan fingerprint density at radius 2 is 2.00 bits per heavy atom. The number of amides is 1. The highest BCUT2D eigenvalue weighted by molar-refractivity contribution is 5.67. The average molecular weight is 292 g/mol. The number of nitrogens with zero attached hydrogens (tertiary/aromatic N) is 1. The van der Waals surface area contributed by atoms with Gasteiger partial charge in [0.1, 0.15) is 6.61 Å². The number of likely N-dealkylation sites (N-methyl/N-ethyl adjacent to an activating group) is 1. The summed E-state index contributed by atoms with van der Waals surface area (Å²) >= 11 is 0. The lowest BCUT2D eigenvalue weighted by Crippen LogP contribution is -2.48. The first-order valence-electron chi connectivity index (χ1n) is 7.38. The fourth-order valence-corrected chi connectivity index (χ4v) is 2.67. The van der Waals surface area contributed by atoms with E-state index in [0.29, 0.717) is 12.8 Å². The van der Waals surface area contributed by atoms with E-state index in [4.69, 9.17) is 10.5 Å². The molecule has 0 spiro atoms. The van der Waals surface area contributed by atoms with Crippen LogP contribution in [-0.2, 0) is 11.3 Å². The topological polar surface area (TPSA) is 75.8 Å². The van der Waals surface area contributed by atoms with Crippen LogP contribution in [0.4, 0.5) is 4.79 Å². The zero-order chi connectivity index (χ0) is 15.3. The van der Waals surface area contributed by atoms with Gasteiger partial charge in [0, 0.05) is 13.1 Å². The summed E-state index contributed by atoms with van der Waals surface area (Å²) in [6, 6.07) is 9.70. The lowest BCUT2D eigenvalue weighted by atomic mass is 9.82. The minimum Gasteiger partial charge on any atom is -0.445 e. The van der Waals surface area contributed by atoms with Crippen molar-refractivity contribution >= 4 is 6.09 Å². The molecule has 116 valence electrons. The van der Waals surface area contributed by atoms with Gasteiger partial charge in [0.2, 0.25) is 0 Å². The molecule has 0 aromatic heterocycles. The van der Waals surface area contributed by atoms with Gasteiger partial charge in [-0.05, 0) is 31.2 Å². The molecule has 1 aromatic rings. The van der Waals surface area contributed by atoms with Crippen molar-refractivity contribution in [1.82, 2.24) is 4.90 Å². The Morgan fingerprint density at radius 1 is 1.38 bits per heavy atom. The number of nitrogens with two attached hydrogens (primary N) is 1. The predicted octanol–water partition coefficient (Wildman–Crippen LogP) is 1.89. The molecule has 1 aliphatic carbocycles. The van der Waals surface area contributed by atoms with Gasteiger partial charge in [-0.1, -0.05) is 30.3 Å². The Bertz CT molecular complexity index is 456. The molecule has 1 amide bonds. The first kappa shape index (κ1) is 15.8. The quantitative estimate of drug-likeness (QED) is 0.888. The molecule has 1 aromatic carbocycles. The Labute approximate surface area is 125 Å². The molecule has 0 atom stereocenters. The van der Waals surface area contributed by atoms with E-state index in [-0.39, 0.29) is 19.2 Å². The number of hydrogen-bond donors (Lipinski definition) is 2. The summed E-state index contributed by atoms with van der Waals surface area (Å²) in [6.07, 6.45) is 2.43. The standard InChI is InChI=1S/C16H24N2O3/c1-18(12-16(20)9-7-14(17)8-10-16)15(19)21-11-13-5-3-2-4-6-13/h2-6,14,20H,7-12,17H2,1H3. The molecule has 1 fully saturated rings. The summed E-state index contributed by atoms with van der Waals surface area (Å²) in [5.41, 5.74) is 5.95. The van der Waals surface area contributed by atoms with Gasteiger partial charge in [0.05, 0.1) is 12.1 Å². The van der Waals surface area contributed by atoms with Crippen molar-refractivity contribution in [3.8, 4) is 0 Å². The van der Waals surface area contributed by atoms with Crippen LogP contribution in [-0.4, -0.2) is 41.3 Å². The Hall–Kier alpha value is -1.59. The maximum atomic E-state index is 12.0. The molecule has 0 aliphatic heterocycles. The van der Waals surface area contributed by atoms with Crippen molar-refractivity contribution in [3.63, 3.8) is 0 Å². The second kappa shape index (κ2) is 6.91. The van der Waals surface area contributed by atoms with Crippen LogP contribution >= 0.6 is 0 Å². The molecule has 1 saturated carbocycles. The summed E-state index contributed by atoms with van der Waals surface area (Å²) < 4.78 is 5.25. The Balaban J connectivity index is 1.79. The van der Waals surface area contributed by atoms with Crippen molar-refractivity contribution in [2.45, 2.75) is 43.9 Å². The van der Waals surface area contributed by atoms with Crippen LogP contribution in [0.1, 0.15) is 31.2 Å². The maximum Gasteiger partial charge on any atom is 0.409 e. The van der Waals surface area contributed by atoms with E-state index in [2.05, 4.69) is 0 Å². The van der Waals surface area contributed by atoms with E-state index < -0.39 is 11.7 Å². The number of rotatable bonds is 4. The van der Waals surface area contributed by atoms with Crippen molar-refractivity contribution in [3.05, 3.63) is 35.9 Å². The van der Waals surface area contributed by atoms with Crippen LogP contribution < -0.4 is 5.73 Å². The zero-order valence-electron chi connectivity index (χ0n) is 12.5. The third-order valence-electron chi connectivity index (χ3n) is 4.01. The molecular weight excluding hydrogens is 268 g/mol. The fourth-order valence-electron chi connectivity index (χ4n) is 2.67. The fraction of sp³-hybridized carbons (Fsp3) is 0.562. The van der Waals surface area contributed by atoms with Crippen LogP contribution in [0.25, 0.3) is 0 Å². The number of carbonyl (C=O) groups excluding carboxylic acids is 1. The molecular formula is C16H24N2O3. The lowest BCUT2D eigenvalue weighted by molar-refractivity contribution is -0.0246. The Kier molecular flexibility index (Phi) is 5.20. The zero-order valence-corrected chi connectivity index (χ0v) is 12.5. The van der Waals surface area contributed by atoms with E-state index in [1.807, 2.05) is 30.3 Å². The van der Waals surface area contributed by atoms with Gasteiger partial charge >= 0.3 is 6.09 Å². The Morgan fingerprint density at radius 3 is 2.62 bits per heavy atom. The summed E-state index contributed by atoms with van der Waals surface area (Å²) in [5.74, 6) is 0. The molecule has 0 heterocycles. The third kappa shape index (κ3) is 4.72. The van der Waals surface area contributed by atoms with Gasteiger partial charge in [0.25, 0.3) is 0 Å². The molecule has 1 aliphatic rings. The van der Waals surface area contributed by atoms with Crippen LogP contribution in [0.5, 0.6) is 0 Å². The van der Waals surface area contributed by atoms with E-state index in [9.17, 15) is 9.90 Å². The summed E-state index contributed by atoms with van der Waals surface area (Å²) in [4.78, 5) is 13.4. The molecule has 0 radical (unpaired) electrons. The largest absolute Gasteiger partial charge is 0.445 e. The third-order valence-corrected chi connectivity index (χ3v) is 4.01. The normalized spacial score (nSPS) is 25.4. The van der Waals surface area contributed by atoms with Gasteiger partial charge in [0.15, 0.2) is 0 Å². The highest BCUT2D eigenvalue weighted by Crippen LogP contribution is 2.28. The highest BCUT2D eigenvalue weighted by Gasteiger charge is 2.34. The van der Waals surface area contributed by atoms with Crippen molar-refractivity contribution < 1.29 is 14.6 Å². The molecule has 2 rings (SSSR count). The number of aliphatic hydroxyl groups is 1. The molecule has 0 unspecified atom stereocenters. The second-order valence-electron chi connectivity index (χ2n) is 5.96. The van der Waals surface area contributed by atoms with Crippen molar-refractivity contribution in [2.75, 3.05) is 13.6 Å². The molecule has 5 heteroatoms. The van der Waals surface area contributed by atoms with Crippen LogP contribution in [0.3, 0.4) is 0 Å². The van der Waals surface area contributed by atoms with E-state index in [1.165, 1.54) is 4.90 Å². The van der Waals surface area contributed by atoms with E-state index in [0.717, 1.165) is 18.4 Å². The number of hydrogen-bond acceptors (Lipinski definition) is 4. The average Bonchev–Trinajstić information content (AvgIpc) is 2.49. The predicted molar refractivity (Wildman–Crippen MR) is 80.7 cm³/mol. The van der Waals surface area contributed by atoms with Gasteiger partial charge in [-0.3, -0.25) is 0 Å². The number of benzene rings is 1. The number of carbonyl (C=O) groups is 1. The van der Waals surface area contributed by atoms with Crippen molar-refractivity contribution in [2.24, 2.45) is 5.73 Å². The summed E-state index contributed by atoms with van der Waals surface area (Å²) in [6.45, 7) is 0.528. The van der Waals surface area contributed by atoms with E-state index >= 15 is 0 Å². The summed E-state index contributed by atoms with van der Waals surface area (Å²) in [5, 5.41) is 10.5. The maximum absolute atomic E-state index is 12.0. The molecule has 21 heavy (non-hydrogen) atoms. The van der Waals surface area contributed by atoms with Gasteiger partial charge in [-0.25, -0.2) is 4.79 Å². The van der Waals surface area contributed by atoms with Crippen LogP contribution in [0, 0.1) is 0 Å². The molecule has 3 N–H and O–H groups in total. The van der Waals surface area contributed by atoms with Gasteiger partial charge in [-0.2, -0.15) is 0 Å². The highest BCUT2D eigenvalue weighted by atomic mass is 16.6. The lowest BCUT2D eigenvalue weighted by Gasteiger charge is -2.37. The van der Waals surface area contributed by atoms with E-state index in [1.54, 1.807) is 7.05 Å². The van der Waals surface area contributed by atoms with Crippen LogP contribution in [0.2, 0.25) is 0 Å². The van der Waals surface area contributed by atoms with Gasteiger partial charge < -0.3 is 20.5 Å². The smallest absolute Gasteiger partial charge is 0.409 e. The van der Waals surface area contributed by atoms with Crippen LogP contribution in [0.15, 0.2) is 30.3 Å². The first-order chi connectivity index (χ1) is 9.98. The minimum absolute atomic E-state index is 0.167. The first-order valence-corrected chi connectivity index (χ1v) is 7.38. The summed E-state index contributed by atoms with van der Waals surface area (Å²) in [7, 11) is 1.65. The molecule has 0 bridgehead atoms. The monoisotopic (exact) mass is 292 g/mol. The SMILES string of the molecule is CN(CC1(O)CCC(N)CC1)C(=O)OCc1ccccc1. The molecule has 5 nitrogen and oxygen atoms in total. The van der Waals surface area contributed by atoms with Crippen molar-refractivity contribution in [1.29, 1.82) is 0 Å². The number of ether oxygens (including phenoxy) is 1. The molecule has 0 saturated heterocycles. The second-order valence-corrected chi connectivity index (χ2v) is 5.96.